The molecule has 0 bridgehead atoms. The van der Waals surface area contributed by atoms with E-state index in [0.717, 1.165) is 11.3 Å². The lowest BCUT2D eigenvalue weighted by atomic mass is 9.64. The summed E-state index contributed by atoms with van der Waals surface area (Å²) in [5.74, 6) is -1.81. The van der Waals surface area contributed by atoms with Crippen molar-refractivity contribution in [2.45, 2.75) is 65.3 Å². The summed E-state index contributed by atoms with van der Waals surface area (Å²) in [6, 6.07) is -0.603. The number of ether oxygens (including phenoxy) is 2. The fourth-order valence-corrected chi connectivity index (χ4v) is 5.68. The molecular formula is C23H35N3O7. The molecule has 1 spiro atoms. The molecule has 10 nitrogen and oxygen atoms in total. The Kier molecular flexibility index (Phi) is 7.33. The number of likely N-dealkylation sites (tertiary alicyclic amines) is 1. The molecule has 3 aliphatic rings. The molecule has 1 N–H and O–H groups in total. The van der Waals surface area contributed by atoms with Gasteiger partial charge in [-0.05, 0) is 50.4 Å². The number of urea groups is 1. The van der Waals surface area contributed by atoms with E-state index in [2.05, 4.69) is 26.1 Å². The minimum atomic E-state index is -0.988. The number of esters is 2. The maximum absolute atomic E-state index is 13.1. The van der Waals surface area contributed by atoms with Crippen molar-refractivity contribution in [3.8, 4) is 0 Å². The van der Waals surface area contributed by atoms with Crippen molar-refractivity contribution in [1.82, 2.24) is 15.1 Å². The summed E-state index contributed by atoms with van der Waals surface area (Å²) >= 11 is 0. The predicted molar refractivity (Wildman–Crippen MR) is 117 cm³/mol. The van der Waals surface area contributed by atoms with Crippen LogP contribution in [0.1, 0.15) is 59.8 Å². The lowest BCUT2D eigenvalue weighted by Crippen LogP contribution is -2.54. The number of hydrogen-bond acceptors (Lipinski definition) is 7. The Balaban J connectivity index is 1.48. The SMILES string of the molecule is CCOC(=O)C1CCN(C(=O)COC(=O)CN2C(=O)N[C@]3(C[C@H](C)CC(C)(C)C3)C2=O)CC1. The van der Waals surface area contributed by atoms with E-state index in [-0.39, 0.29) is 29.1 Å². The van der Waals surface area contributed by atoms with E-state index >= 15 is 0 Å². The molecule has 184 valence electrons. The van der Waals surface area contributed by atoms with Gasteiger partial charge in [0, 0.05) is 13.1 Å². The Morgan fingerprint density at radius 3 is 2.36 bits per heavy atom. The van der Waals surface area contributed by atoms with Gasteiger partial charge < -0.3 is 19.7 Å². The second-order valence-electron chi connectivity index (χ2n) is 10.3. The molecule has 0 unspecified atom stereocenters. The van der Waals surface area contributed by atoms with Crippen molar-refractivity contribution in [1.29, 1.82) is 0 Å². The maximum atomic E-state index is 13.1. The molecule has 0 radical (unpaired) electrons. The minimum absolute atomic E-state index is 0.107. The molecule has 0 aromatic carbocycles. The fourth-order valence-electron chi connectivity index (χ4n) is 5.68. The quantitative estimate of drug-likeness (QED) is 0.465. The predicted octanol–water partition coefficient (Wildman–Crippen LogP) is 1.47. The summed E-state index contributed by atoms with van der Waals surface area (Å²) in [4.78, 5) is 64.6. The van der Waals surface area contributed by atoms with Crippen LogP contribution in [0.2, 0.25) is 0 Å². The van der Waals surface area contributed by atoms with Crippen LogP contribution in [0.3, 0.4) is 0 Å². The number of imide groups is 1. The topological polar surface area (TPSA) is 122 Å². The number of piperidine rings is 1. The standard InChI is InChI=1S/C23H35N3O7/c1-5-32-19(29)16-6-8-25(9-7-16)17(27)13-33-18(28)12-26-20(30)23(24-21(26)31)11-15(2)10-22(3,4)14-23/h15-16H,5-14H2,1-4H3,(H,24,31)/t15-,23+/m1/s1. The summed E-state index contributed by atoms with van der Waals surface area (Å²) in [5, 5.41) is 2.82. The number of carbonyl (C=O) groups is 5. The zero-order chi connectivity index (χ0) is 24.4. The number of nitrogens with one attached hydrogen (secondary N) is 1. The number of hydrogen-bond donors (Lipinski definition) is 1. The summed E-state index contributed by atoms with van der Waals surface area (Å²) in [6.45, 7) is 8.03. The smallest absolute Gasteiger partial charge is 0.326 e. The number of rotatable bonds is 6. The van der Waals surface area contributed by atoms with Crippen LogP contribution >= 0.6 is 0 Å². The Hall–Kier alpha value is -2.65. The molecule has 2 saturated heterocycles. The van der Waals surface area contributed by atoms with Crippen molar-refractivity contribution >= 4 is 29.8 Å². The first-order valence-electron chi connectivity index (χ1n) is 11.7. The van der Waals surface area contributed by atoms with Gasteiger partial charge in [-0.1, -0.05) is 20.8 Å². The van der Waals surface area contributed by atoms with Gasteiger partial charge in [-0.2, -0.15) is 0 Å². The van der Waals surface area contributed by atoms with E-state index in [1.807, 2.05) is 0 Å². The Morgan fingerprint density at radius 1 is 1.09 bits per heavy atom. The van der Waals surface area contributed by atoms with Crippen molar-refractivity contribution < 1.29 is 33.4 Å². The summed E-state index contributed by atoms with van der Waals surface area (Å²) in [7, 11) is 0. The highest BCUT2D eigenvalue weighted by Crippen LogP contribution is 2.46. The molecule has 1 aliphatic carbocycles. The highest BCUT2D eigenvalue weighted by molar-refractivity contribution is 6.08. The molecule has 2 aliphatic heterocycles. The third-order valence-corrected chi connectivity index (χ3v) is 6.74. The molecule has 2 atom stereocenters. The molecule has 4 amide bonds. The van der Waals surface area contributed by atoms with Crippen LogP contribution in [0.5, 0.6) is 0 Å². The van der Waals surface area contributed by atoms with Gasteiger partial charge in [-0.25, -0.2) is 4.79 Å². The average Bonchev–Trinajstić information content (AvgIpc) is 2.94. The summed E-state index contributed by atoms with van der Waals surface area (Å²) in [6.07, 6.45) is 3.00. The first-order valence-corrected chi connectivity index (χ1v) is 11.7. The van der Waals surface area contributed by atoms with Gasteiger partial charge in [0.1, 0.15) is 12.1 Å². The minimum Gasteiger partial charge on any atom is -0.466 e. The second-order valence-corrected chi connectivity index (χ2v) is 10.3. The number of carbonyl (C=O) groups excluding carboxylic acids is 5. The second kappa shape index (κ2) is 9.69. The molecule has 0 aromatic rings. The van der Waals surface area contributed by atoms with Gasteiger partial charge in [-0.15, -0.1) is 0 Å². The maximum Gasteiger partial charge on any atom is 0.326 e. The fraction of sp³-hybridized carbons (Fsp3) is 0.783. The van der Waals surface area contributed by atoms with Crippen LogP contribution in [0.25, 0.3) is 0 Å². The zero-order valence-corrected chi connectivity index (χ0v) is 20.0. The number of amides is 4. The number of nitrogens with zero attached hydrogens (tertiary/aromatic N) is 2. The van der Waals surface area contributed by atoms with Gasteiger partial charge in [0.25, 0.3) is 11.8 Å². The van der Waals surface area contributed by atoms with E-state index in [0.29, 0.717) is 45.4 Å². The van der Waals surface area contributed by atoms with E-state index in [1.54, 1.807) is 6.92 Å². The Labute approximate surface area is 194 Å². The van der Waals surface area contributed by atoms with Crippen LogP contribution < -0.4 is 5.32 Å². The largest absolute Gasteiger partial charge is 0.466 e. The molecule has 1 saturated carbocycles. The van der Waals surface area contributed by atoms with Crippen molar-refractivity contribution in [2.75, 3.05) is 32.8 Å². The normalized spacial score (nSPS) is 27.5. The van der Waals surface area contributed by atoms with Crippen LogP contribution in [0.4, 0.5) is 4.79 Å². The van der Waals surface area contributed by atoms with Crippen molar-refractivity contribution in [2.24, 2.45) is 17.3 Å². The summed E-state index contributed by atoms with van der Waals surface area (Å²) in [5.41, 5.74) is -1.10. The van der Waals surface area contributed by atoms with E-state index < -0.39 is 36.6 Å². The van der Waals surface area contributed by atoms with Crippen LogP contribution in [0.15, 0.2) is 0 Å². The lowest BCUT2D eigenvalue weighted by Gasteiger charge is -2.43. The highest BCUT2D eigenvalue weighted by atomic mass is 16.5. The van der Waals surface area contributed by atoms with Crippen LogP contribution in [-0.4, -0.2) is 78.0 Å². The average molecular weight is 466 g/mol. The molecule has 3 fully saturated rings. The molecule has 2 heterocycles. The third-order valence-electron chi connectivity index (χ3n) is 6.74. The lowest BCUT2D eigenvalue weighted by molar-refractivity contribution is -0.156. The monoisotopic (exact) mass is 465 g/mol. The summed E-state index contributed by atoms with van der Waals surface area (Å²) < 4.78 is 10.1. The Bertz CT molecular complexity index is 819. The first-order chi connectivity index (χ1) is 15.5. The third kappa shape index (κ3) is 5.65. The van der Waals surface area contributed by atoms with E-state index in [1.165, 1.54) is 4.90 Å². The highest BCUT2D eigenvalue weighted by Gasteiger charge is 2.56. The van der Waals surface area contributed by atoms with Crippen molar-refractivity contribution in [3.05, 3.63) is 0 Å². The van der Waals surface area contributed by atoms with Gasteiger partial charge in [0.2, 0.25) is 0 Å². The molecule has 33 heavy (non-hydrogen) atoms. The Morgan fingerprint density at radius 2 is 1.76 bits per heavy atom. The van der Waals surface area contributed by atoms with Gasteiger partial charge in [0.15, 0.2) is 6.61 Å². The molecular weight excluding hydrogens is 430 g/mol. The molecule has 0 aromatic heterocycles. The molecule has 3 rings (SSSR count). The van der Waals surface area contributed by atoms with E-state index in [9.17, 15) is 24.0 Å². The van der Waals surface area contributed by atoms with E-state index in [4.69, 9.17) is 9.47 Å². The van der Waals surface area contributed by atoms with Crippen molar-refractivity contribution in [3.63, 3.8) is 0 Å². The van der Waals surface area contributed by atoms with Crippen LogP contribution in [-0.2, 0) is 28.7 Å². The van der Waals surface area contributed by atoms with Gasteiger partial charge in [0.05, 0.1) is 12.5 Å². The molecule has 10 heteroatoms. The van der Waals surface area contributed by atoms with Gasteiger partial charge >= 0.3 is 18.0 Å². The first kappa shape index (κ1) is 25.0. The zero-order valence-electron chi connectivity index (χ0n) is 20.0. The van der Waals surface area contributed by atoms with Gasteiger partial charge in [-0.3, -0.25) is 24.1 Å². The van der Waals surface area contributed by atoms with Crippen LogP contribution in [0, 0.1) is 17.3 Å².